The van der Waals surface area contributed by atoms with Gasteiger partial charge >= 0.3 is 0 Å². The van der Waals surface area contributed by atoms with Gasteiger partial charge in [0, 0.05) is 19.8 Å². The Labute approximate surface area is 99.9 Å². The zero-order valence-electron chi connectivity index (χ0n) is 7.21. The molecule has 0 saturated carbocycles. The maximum atomic E-state index is 10.8. The van der Waals surface area contributed by atoms with E-state index in [1.807, 2.05) is 6.07 Å². The largest absolute Gasteiger partial charge is 0.216 e. The van der Waals surface area contributed by atoms with Crippen LogP contribution in [0.15, 0.2) is 27.1 Å². The Hall–Kier alpha value is -0.310. The van der Waals surface area contributed by atoms with Gasteiger partial charge in [0.15, 0.2) is 0 Å². The van der Waals surface area contributed by atoms with Gasteiger partial charge in [-0.3, -0.25) is 0 Å². The number of hydrogen-bond acceptors (Lipinski definition) is 2. The fourth-order valence-corrected chi connectivity index (χ4v) is 1.77. The summed E-state index contributed by atoms with van der Waals surface area (Å²) in [5.74, 6) is 2.58. The molecule has 0 radical (unpaired) electrons. The second-order valence-electron chi connectivity index (χ2n) is 2.60. The summed E-state index contributed by atoms with van der Waals surface area (Å²) in [7, 11) is -3.25. The van der Waals surface area contributed by atoms with Crippen LogP contribution in [0.5, 0.6) is 0 Å². The number of halogens is 2. The molecule has 1 aromatic carbocycles. The summed E-state index contributed by atoms with van der Waals surface area (Å²) in [5.41, 5.74) is 0.643. The van der Waals surface area contributed by atoms with E-state index in [0.29, 0.717) is 5.56 Å². The molecule has 0 N–H and O–H groups in total. The highest BCUT2D eigenvalue weighted by atomic mass is 79.9. The van der Waals surface area contributed by atoms with Crippen LogP contribution in [0.4, 0.5) is 0 Å². The zero-order chi connectivity index (χ0) is 10.8. The second kappa shape index (κ2) is 4.47. The van der Waals surface area contributed by atoms with E-state index < -0.39 is 9.84 Å². The maximum absolute atomic E-state index is 10.8. The standard InChI is InChI=1S/C9H6Br2O2S/c1-14(12,13)6-5-7-3-2-4-8(10)9(7)11/h2-4H,1H3. The van der Waals surface area contributed by atoms with Crippen LogP contribution in [0.3, 0.4) is 0 Å². The first-order valence-electron chi connectivity index (χ1n) is 3.57. The smallest absolute Gasteiger partial charge is 0.214 e. The number of hydrogen-bond donors (Lipinski definition) is 0. The summed E-state index contributed by atoms with van der Waals surface area (Å²) in [6, 6.07) is 5.38. The van der Waals surface area contributed by atoms with Crippen molar-refractivity contribution in [3.8, 4) is 11.2 Å². The van der Waals surface area contributed by atoms with Gasteiger partial charge in [-0.15, -0.1) is 0 Å². The summed E-state index contributed by atoms with van der Waals surface area (Å²) in [6.07, 6.45) is 1.08. The molecule has 0 aliphatic carbocycles. The Morgan fingerprint density at radius 2 is 1.93 bits per heavy atom. The lowest BCUT2D eigenvalue weighted by molar-refractivity contribution is 0.611. The monoisotopic (exact) mass is 336 g/mol. The molecule has 0 unspecified atom stereocenters. The summed E-state index contributed by atoms with van der Waals surface area (Å²) >= 11 is 6.61. The fraction of sp³-hybridized carbons (Fsp3) is 0.111. The van der Waals surface area contributed by atoms with E-state index in [0.717, 1.165) is 15.2 Å². The Kier molecular flexibility index (Phi) is 3.76. The molecule has 14 heavy (non-hydrogen) atoms. The van der Waals surface area contributed by atoms with E-state index in [1.54, 1.807) is 12.1 Å². The fourth-order valence-electron chi connectivity index (χ4n) is 0.748. The van der Waals surface area contributed by atoms with Gasteiger partial charge in [0.1, 0.15) is 0 Å². The predicted octanol–water partition coefficient (Wildman–Crippen LogP) is 2.57. The molecule has 0 aliphatic heterocycles. The number of benzene rings is 1. The molecular weight excluding hydrogens is 332 g/mol. The average molecular weight is 338 g/mol. The van der Waals surface area contributed by atoms with Gasteiger partial charge in [-0.25, -0.2) is 8.42 Å². The Morgan fingerprint density at radius 1 is 1.29 bits per heavy atom. The average Bonchev–Trinajstić information content (AvgIpc) is 2.06. The normalized spacial score (nSPS) is 10.5. The van der Waals surface area contributed by atoms with Gasteiger partial charge in [-0.2, -0.15) is 0 Å². The van der Waals surface area contributed by atoms with Crippen LogP contribution in [-0.4, -0.2) is 14.7 Å². The molecule has 0 bridgehead atoms. The summed E-state index contributed by atoms with van der Waals surface area (Å²) in [6.45, 7) is 0. The third kappa shape index (κ3) is 3.45. The highest BCUT2D eigenvalue weighted by molar-refractivity contribution is 9.13. The minimum absolute atomic E-state index is 0.643. The van der Waals surface area contributed by atoms with E-state index in [2.05, 4.69) is 43.0 Å². The van der Waals surface area contributed by atoms with E-state index in [1.165, 1.54) is 0 Å². The molecule has 74 valence electrons. The number of sulfone groups is 1. The summed E-state index contributed by atoms with van der Waals surface area (Å²) in [4.78, 5) is 0. The van der Waals surface area contributed by atoms with Crippen molar-refractivity contribution in [2.24, 2.45) is 0 Å². The lowest BCUT2D eigenvalue weighted by Gasteiger charge is -1.97. The molecule has 0 saturated heterocycles. The topological polar surface area (TPSA) is 34.1 Å². The maximum Gasteiger partial charge on any atom is 0.214 e. The van der Waals surface area contributed by atoms with Crippen molar-refractivity contribution in [3.05, 3.63) is 32.7 Å². The molecule has 0 aromatic heterocycles. The first-order valence-corrected chi connectivity index (χ1v) is 7.05. The van der Waals surface area contributed by atoms with Crippen molar-refractivity contribution in [1.29, 1.82) is 0 Å². The second-order valence-corrected chi connectivity index (χ2v) is 6.00. The first-order chi connectivity index (χ1) is 6.40. The minimum atomic E-state index is -3.25. The van der Waals surface area contributed by atoms with E-state index in [-0.39, 0.29) is 0 Å². The van der Waals surface area contributed by atoms with Crippen LogP contribution in [-0.2, 0) is 9.84 Å². The Bertz CT molecular complexity index is 509. The highest BCUT2D eigenvalue weighted by Gasteiger charge is 2.00. The van der Waals surface area contributed by atoms with Crippen molar-refractivity contribution in [1.82, 2.24) is 0 Å². The Balaban J connectivity index is 3.21. The van der Waals surface area contributed by atoms with Crippen molar-refractivity contribution in [2.75, 3.05) is 6.26 Å². The first kappa shape index (κ1) is 11.8. The zero-order valence-corrected chi connectivity index (χ0v) is 11.2. The molecule has 5 heteroatoms. The van der Waals surface area contributed by atoms with Crippen molar-refractivity contribution < 1.29 is 8.42 Å². The lowest BCUT2D eigenvalue weighted by atomic mass is 10.2. The van der Waals surface area contributed by atoms with Gasteiger partial charge in [0.25, 0.3) is 0 Å². The molecule has 0 aliphatic rings. The molecule has 0 amide bonds. The van der Waals surface area contributed by atoms with Gasteiger partial charge in [-0.1, -0.05) is 6.07 Å². The molecule has 2 nitrogen and oxygen atoms in total. The van der Waals surface area contributed by atoms with E-state index in [4.69, 9.17) is 0 Å². The SMILES string of the molecule is CS(=O)(=O)C#Cc1cccc(Br)c1Br. The van der Waals surface area contributed by atoms with Crippen LogP contribution >= 0.6 is 31.9 Å². The van der Waals surface area contributed by atoms with Crippen LogP contribution in [0.1, 0.15) is 5.56 Å². The van der Waals surface area contributed by atoms with Gasteiger partial charge in [0.05, 0.1) is 6.26 Å². The van der Waals surface area contributed by atoms with E-state index >= 15 is 0 Å². The van der Waals surface area contributed by atoms with Crippen molar-refractivity contribution in [3.63, 3.8) is 0 Å². The van der Waals surface area contributed by atoms with Crippen LogP contribution in [0.2, 0.25) is 0 Å². The molecule has 0 atom stereocenters. The van der Waals surface area contributed by atoms with Gasteiger partial charge in [0.2, 0.25) is 9.84 Å². The third-order valence-electron chi connectivity index (χ3n) is 1.32. The van der Waals surface area contributed by atoms with Crippen molar-refractivity contribution >= 4 is 41.7 Å². The highest BCUT2D eigenvalue weighted by Crippen LogP contribution is 2.25. The lowest BCUT2D eigenvalue weighted by Crippen LogP contribution is -1.89. The van der Waals surface area contributed by atoms with Gasteiger partial charge in [-0.05, 0) is 49.9 Å². The third-order valence-corrected chi connectivity index (χ3v) is 3.84. The van der Waals surface area contributed by atoms with Crippen LogP contribution in [0, 0.1) is 11.2 Å². The molecule has 1 aromatic rings. The molecular formula is C9H6Br2O2S. The van der Waals surface area contributed by atoms with E-state index in [9.17, 15) is 8.42 Å². The predicted molar refractivity (Wildman–Crippen MR) is 63.6 cm³/mol. The minimum Gasteiger partial charge on any atom is -0.216 e. The summed E-state index contributed by atoms with van der Waals surface area (Å²) in [5, 5.41) is 2.18. The Morgan fingerprint density at radius 3 is 2.50 bits per heavy atom. The number of rotatable bonds is 0. The van der Waals surface area contributed by atoms with Crippen LogP contribution in [0.25, 0.3) is 0 Å². The van der Waals surface area contributed by atoms with Crippen LogP contribution < -0.4 is 0 Å². The summed E-state index contributed by atoms with van der Waals surface area (Å²) < 4.78 is 23.2. The molecule has 0 heterocycles. The molecule has 0 fully saturated rings. The molecule has 1 rings (SSSR count). The molecule has 0 spiro atoms. The van der Waals surface area contributed by atoms with Gasteiger partial charge < -0.3 is 0 Å². The quantitative estimate of drug-likeness (QED) is 0.682. The van der Waals surface area contributed by atoms with Crippen molar-refractivity contribution in [2.45, 2.75) is 0 Å².